The van der Waals surface area contributed by atoms with Crippen LogP contribution in [0.2, 0.25) is 0 Å². The molecule has 3 amide bonds. The number of fused-ring (bicyclic) bond motifs is 2. The Bertz CT molecular complexity index is 1260. The van der Waals surface area contributed by atoms with Crippen LogP contribution in [0.25, 0.3) is 0 Å². The fraction of sp³-hybridized carbons (Fsp3) is 0.240. The van der Waals surface area contributed by atoms with E-state index in [1.165, 1.54) is 12.3 Å². The second kappa shape index (κ2) is 8.12. The Labute approximate surface area is 190 Å². The molecular formula is C25H22N2O6. The van der Waals surface area contributed by atoms with E-state index in [0.29, 0.717) is 47.9 Å². The zero-order valence-electron chi connectivity index (χ0n) is 18.3. The number of methoxy groups -OCH3 is 2. The predicted octanol–water partition coefficient (Wildman–Crippen LogP) is 3.29. The number of hydrogen-bond donors (Lipinski definition) is 0. The Balaban J connectivity index is 1.38. The summed E-state index contributed by atoms with van der Waals surface area (Å²) in [7, 11) is 3.17. The van der Waals surface area contributed by atoms with Crippen LogP contribution in [0.3, 0.4) is 0 Å². The number of furan rings is 1. The van der Waals surface area contributed by atoms with Gasteiger partial charge in [-0.15, -0.1) is 0 Å². The zero-order chi connectivity index (χ0) is 23.1. The number of carbonyl (C=O) groups is 3. The quantitative estimate of drug-likeness (QED) is 0.559. The van der Waals surface area contributed by atoms with Gasteiger partial charge in [0.25, 0.3) is 17.7 Å². The Morgan fingerprint density at radius 1 is 0.970 bits per heavy atom. The molecule has 0 radical (unpaired) electrons. The first-order valence-electron chi connectivity index (χ1n) is 10.6. The van der Waals surface area contributed by atoms with Crippen LogP contribution in [-0.2, 0) is 19.5 Å². The molecular weight excluding hydrogens is 424 g/mol. The van der Waals surface area contributed by atoms with Gasteiger partial charge in [0.15, 0.2) is 11.5 Å². The number of ether oxygens (including phenoxy) is 2. The highest BCUT2D eigenvalue weighted by Gasteiger charge is 2.37. The maximum Gasteiger partial charge on any atom is 0.261 e. The lowest BCUT2D eigenvalue weighted by molar-refractivity contribution is 0.0631. The van der Waals surface area contributed by atoms with Gasteiger partial charge in [0.05, 0.1) is 38.2 Å². The summed E-state index contributed by atoms with van der Waals surface area (Å²) >= 11 is 0. The van der Waals surface area contributed by atoms with Crippen LogP contribution < -0.4 is 9.47 Å². The van der Waals surface area contributed by atoms with Crippen molar-refractivity contribution in [3.05, 3.63) is 82.3 Å². The van der Waals surface area contributed by atoms with Crippen molar-refractivity contribution in [1.82, 2.24) is 9.80 Å². The summed E-state index contributed by atoms with van der Waals surface area (Å²) in [5.41, 5.74) is 3.01. The lowest BCUT2D eigenvalue weighted by Gasteiger charge is -2.29. The van der Waals surface area contributed by atoms with Gasteiger partial charge in [-0.1, -0.05) is 0 Å². The first-order chi connectivity index (χ1) is 16.0. The van der Waals surface area contributed by atoms with Crippen LogP contribution in [0.5, 0.6) is 11.5 Å². The van der Waals surface area contributed by atoms with Crippen LogP contribution in [0.4, 0.5) is 0 Å². The molecule has 2 aliphatic heterocycles. The molecule has 0 atom stereocenters. The number of carbonyl (C=O) groups excluding carboxylic acids is 3. The number of amides is 3. The van der Waals surface area contributed by atoms with E-state index in [9.17, 15) is 14.4 Å². The molecule has 2 aromatic carbocycles. The maximum atomic E-state index is 13.3. The molecule has 0 unspecified atom stereocenters. The van der Waals surface area contributed by atoms with E-state index in [0.717, 1.165) is 16.0 Å². The third-order valence-corrected chi connectivity index (χ3v) is 6.12. The lowest BCUT2D eigenvalue weighted by atomic mass is 9.97. The average Bonchev–Trinajstić information content (AvgIpc) is 3.45. The van der Waals surface area contributed by atoms with Crippen molar-refractivity contribution in [2.75, 3.05) is 20.8 Å². The van der Waals surface area contributed by atoms with Gasteiger partial charge in [-0.3, -0.25) is 19.3 Å². The number of benzene rings is 2. The monoisotopic (exact) mass is 446 g/mol. The molecule has 8 heteroatoms. The lowest BCUT2D eigenvalue weighted by Crippen LogP contribution is -2.36. The fourth-order valence-corrected chi connectivity index (χ4v) is 4.36. The molecule has 2 aliphatic rings. The Hall–Kier alpha value is -4.07. The molecule has 168 valence electrons. The summed E-state index contributed by atoms with van der Waals surface area (Å²) in [6, 6.07) is 11.9. The molecule has 0 saturated heterocycles. The third-order valence-electron chi connectivity index (χ3n) is 6.12. The van der Waals surface area contributed by atoms with Gasteiger partial charge < -0.3 is 18.8 Å². The van der Waals surface area contributed by atoms with Gasteiger partial charge >= 0.3 is 0 Å². The minimum absolute atomic E-state index is 0.0524. The van der Waals surface area contributed by atoms with Gasteiger partial charge in [0, 0.05) is 18.7 Å². The average molecular weight is 446 g/mol. The summed E-state index contributed by atoms with van der Waals surface area (Å²) in [6.45, 7) is 1.01. The highest BCUT2D eigenvalue weighted by atomic mass is 16.5. The van der Waals surface area contributed by atoms with E-state index < -0.39 is 11.8 Å². The molecule has 0 aliphatic carbocycles. The van der Waals surface area contributed by atoms with Crippen molar-refractivity contribution < 1.29 is 28.3 Å². The van der Waals surface area contributed by atoms with Gasteiger partial charge in [-0.05, 0) is 60.0 Å². The molecule has 0 bridgehead atoms. The largest absolute Gasteiger partial charge is 0.493 e. The summed E-state index contributed by atoms with van der Waals surface area (Å²) in [4.78, 5) is 41.7. The second-order valence-electron chi connectivity index (χ2n) is 7.99. The SMILES string of the molecule is COc1cc2c(cc1OC)CN(C(=O)c1ccc3c(c1)C(=O)N(Cc1ccco1)C3=O)CC2. The topological polar surface area (TPSA) is 89.3 Å². The smallest absolute Gasteiger partial charge is 0.261 e. The number of rotatable bonds is 5. The predicted molar refractivity (Wildman–Crippen MR) is 117 cm³/mol. The molecule has 0 fully saturated rings. The zero-order valence-corrected chi connectivity index (χ0v) is 18.3. The third kappa shape index (κ3) is 3.53. The number of imide groups is 1. The molecule has 0 spiro atoms. The molecule has 33 heavy (non-hydrogen) atoms. The van der Waals surface area contributed by atoms with E-state index in [1.807, 2.05) is 12.1 Å². The molecule has 0 N–H and O–H groups in total. The van der Waals surface area contributed by atoms with Crippen LogP contribution in [0, 0.1) is 0 Å². The van der Waals surface area contributed by atoms with Gasteiger partial charge in [0.2, 0.25) is 0 Å². The van der Waals surface area contributed by atoms with Crippen molar-refractivity contribution >= 4 is 17.7 Å². The van der Waals surface area contributed by atoms with E-state index in [1.54, 1.807) is 43.4 Å². The van der Waals surface area contributed by atoms with E-state index in [2.05, 4.69) is 0 Å². The van der Waals surface area contributed by atoms with E-state index >= 15 is 0 Å². The summed E-state index contributed by atoms with van der Waals surface area (Å²) in [6.07, 6.45) is 2.17. The van der Waals surface area contributed by atoms with Crippen molar-refractivity contribution in [3.63, 3.8) is 0 Å². The van der Waals surface area contributed by atoms with Gasteiger partial charge in [-0.25, -0.2) is 0 Å². The Kier molecular flexibility index (Phi) is 5.12. The minimum Gasteiger partial charge on any atom is -0.493 e. The molecule has 1 aromatic heterocycles. The Morgan fingerprint density at radius 3 is 2.39 bits per heavy atom. The molecule has 3 heterocycles. The normalized spacial score (nSPS) is 14.8. The first-order valence-corrected chi connectivity index (χ1v) is 10.6. The highest BCUT2D eigenvalue weighted by Crippen LogP contribution is 2.34. The van der Waals surface area contributed by atoms with Crippen molar-refractivity contribution in [2.45, 2.75) is 19.5 Å². The van der Waals surface area contributed by atoms with Crippen molar-refractivity contribution in [1.29, 1.82) is 0 Å². The number of hydrogen-bond acceptors (Lipinski definition) is 6. The summed E-state index contributed by atoms with van der Waals surface area (Å²) in [5.74, 6) is 0.781. The van der Waals surface area contributed by atoms with Gasteiger partial charge in [-0.2, -0.15) is 0 Å². The molecule has 3 aromatic rings. The van der Waals surface area contributed by atoms with E-state index in [-0.39, 0.29) is 18.0 Å². The summed E-state index contributed by atoms with van der Waals surface area (Å²) < 4.78 is 16.0. The Morgan fingerprint density at radius 2 is 1.70 bits per heavy atom. The number of nitrogens with zero attached hydrogens (tertiary/aromatic N) is 2. The molecule has 8 nitrogen and oxygen atoms in total. The van der Waals surface area contributed by atoms with Crippen LogP contribution in [-0.4, -0.2) is 48.3 Å². The first kappa shape index (κ1) is 20.8. The fourth-order valence-electron chi connectivity index (χ4n) is 4.36. The molecule has 0 saturated carbocycles. The van der Waals surface area contributed by atoms with Crippen LogP contribution in [0.1, 0.15) is 48.0 Å². The second-order valence-corrected chi connectivity index (χ2v) is 7.99. The van der Waals surface area contributed by atoms with Crippen LogP contribution >= 0.6 is 0 Å². The highest BCUT2D eigenvalue weighted by molar-refractivity contribution is 6.22. The minimum atomic E-state index is -0.429. The molecule has 5 rings (SSSR count). The maximum absolute atomic E-state index is 13.3. The van der Waals surface area contributed by atoms with Crippen molar-refractivity contribution in [2.24, 2.45) is 0 Å². The van der Waals surface area contributed by atoms with E-state index in [4.69, 9.17) is 13.9 Å². The standard InChI is InChI=1S/C25H22N2O6/c1-31-21-11-15-7-8-26(13-17(15)12-22(21)32-2)23(28)16-5-6-19-20(10-16)25(30)27(24(19)29)14-18-4-3-9-33-18/h3-6,9-12H,7-8,13-14H2,1-2H3. The summed E-state index contributed by atoms with van der Waals surface area (Å²) in [5, 5.41) is 0. The van der Waals surface area contributed by atoms with Gasteiger partial charge in [0.1, 0.15) is 5.76 Å². The van der Waals surface area contributed by atoms with Crippen molar-refractivity contribution in [3.8, 4) is 11.5 Å². The van der Waals surface area contributed by atoms with Crippen LogP contribution in [0.15, 0.2) is 53.1 Å².